The zero-order valence-electron chi connectivity index (χ0n) is 11.0. The van der Waals surface area contributed by atoms with Crippen molar-refractivity contribution in [3.05, 3.63) is 0 Å². The molecule has 2 N–H and O–H groups in total. The van der Waals surface area contributed by atoms with E-state index in [1.165, 1.54) is 0 Å². The summed E-state index contributed by atoms with van der Waals surface area (Å²) in [7, 11) is -3.21. The first-order valence-corrected chi connectivity index (χ1v) is 7.84. The van der Waals surface area contributed by atoms with Crippen LogP contribution in [0.5, 0.6) is 0 Å². The Labute approximate surface area is 104 Å². The molecule has 1 heterocycles. The van der Waals surface area contributed by atoms with Crippen molar-refractivity contribution in [2.45, 2.75) is 45.3 Å². The quantitative estimate of drug-likeness (QED) is 0.701. The zero-order valence-corrected chi connectivity index (χ0v) is 11.8. The molecule has 1 unspecified atom stereocenters. The molecule has 1 aliphatic rings. The van der Waals surface area contributed by atoms with Gasteiger partial charge in [-0.15, -0.1) is 0 Å². The lowest BCUT2D eigenvalue weighted by molar-refractivity contribution is -0.00515. The number of nitrogens with one attached hydrogen (secondary N) is 2. The molecule has 0 amide bonds. The third kappa shape index (κ3) is 5.81. The van der Waals surface area contributed by atoms with Crippen LogP contribution in [0.15, 0.2) is 0 Å². The van der Waals surface area contributed by atoms with Crippen LogP contribution in [0.2, 0.25) is 0 Å². The fourth-order valence-electron chi connectivity index (χ4n) is 1.95. The van der Waals surface area contributed by atoms with E-state index in [9.17, 15) is 8.42 Å². The van der Waals surface area contributed by atoms with E-state index in [2.05, 4.69) is 10.0 Å². The summed E-state index contributed by atoms with van der Waals surface area (Å²) in [5, 5.41) is 3.18. The second kappa shape index (κ2) is 6.13. The van der Waals surface area contributed by atoms with Crippen molar-refractivity contribution < 1.29 is 13.2 Å². The average molecular weight is 264 g/mol. The van der Waals surface area contributed by atoms with Crippen molar-refractivity contribution in [3.8, 4) is 0 Å². The van der Waals surface area contributed by atoms with Crippen LogP contribution < -0.4 is 10.0 Å². The molecular weight excluding hydrogens is 240 g/mol. The van der Waals surface area contributed by atoms with E-state index in [1.807, 2.05) is 20.8 Å². The zero-order chi connectivity index (χ0) is 12.9. The Morgan fingerprint density at radius 2 is 2.18 bits per heavy atom. The molecule has 0 aromatic carbocycles. The molecular formula is C11H24N2O3S. The van der Waals surface area contributed by atoms with Crippen molar-refractivity contribution in [1.29, 1.82) is 0 Å². The summed E-state index contributed by atoms with van der Waals surface area (Å²) in [6.45, 7) is 7.48. The molecule has 0 aliphatic carbocycles. The van der Waals surface area contributed by atoms with E-state index in [1.54, 1.807) is 0 Å². The first kappa shape index (κ1) is 14.9. The standard InChI is InChI=1S/C11H24N2O3S/c1-4-16-11(2,3)9-13-17(14,15)8-10-6-5-7-12-10/h10,12-13H,4-9H2,1-3H3. The van der Waals surface area contributed by atoms with Gasteiger partial charge in [0.25, 0.3) is 0 Å². The molecule has 0 aromatic heterocycles. The smallest absolute Gasteiger partial charge is 0.213 e. The van der Waals surface area contributed by atoms with Gasteiger partial charge in [0.2, 0.25) is 10.0 Å². The van der Waals surface area contributed by atoms with Gasteiger partial charge < -0.3 is 10.1 Å². The number of sulfonamides is 1. The molecule has 17 heavy (non-hydrogen) atoms. The van der Waals surface area contributed by atoms with Crippen molar-refractivity contribution in [1.82, 2.24) is 10.0 Å². The van der Waals surface area contributed by atoms with Crippen molar-refractivity contribution in [3.63, 3.8) is 0 Å². The van der Waals surface area contributed by atoms with Crippen molar-refractivity contribution in [2.24, 2.45) is 0 Å². The highest BCUT2D eigenvalue weighted by molar-refractivity contribution is 7.89. The molecule has 1 fully saturated rings. The highest BCUT2D eigenvalue weighted by atomic mass is 32.2. The topological polar surface area (TPSA) is 67.4 Å². The van der Waals surface area contributed by atoms with Crippen LogP contribution in [-0.4, -0.2) is 45.5 Å². The minimum atomic E-state index is -3.21. The van der Waals surface area contributed by atoms with Gasteiger partial charge in [-0.1, -0.05) is 0 Å². The molecule has 0 spiro atoms. The van der Waals surface area contributed by atoms with Crippen LogP contribution in [0.3, 0.4) is 0 Å². The first-order chi connectivity index (χ1) is 7.85. The number of rotatable bonds is 7. The largest absolute Gasteiger partial charge is 0.375 e. The first-order valence-electron chi connectivity index (χ1n) is 6.19. The lowest BCUT2D eigenvalue weighted by atomic mass is 10.1. The van der Waals surface area contributed by atoms with E-state index in [-0.39, 0.29) is 11.8 Å². The van der Waals surface area contributed by atoms with Gasteiger partial charge in [-0.05, 0) is 40.2 Å². The maximum absolute atomic E-state index is 11.8. The van der Waals surface area contributed by atoms with Gasteiger partial charge in [-0.2, -0.15) is 0 Å². The number of hydrogen-bond donors (Lipinski definition) is 2. The molecule has 1 saturated heterocycles. The van der Waals surface area contributed by atoms with Gasteiger partial charge in [0.05, 0.1) is 11.4 Å². The molecule has 0 bridgehead atoms. The van der Waals surface area contributed by atoms with Gasteiger partial charge in [-0.25, -0.2) is 13.1 Å². The Hall–Kier alpha value is -0.170. The summed E-state index contributed by atoms with van der Waals surface area (Å²) >= 11 is 0. The third-order valence-corrected chi connectivity index (χ3v) is 4.26. The Morgan fingerprint density at radius 3 is 2.71 bits per heavy atom. The van der Waals surface area contributed by atoms with E-state index in [0.717, 1.165) is 19.4 Å². The fourth-order valence-corrected chi connectivity index (χ4v) is 3.45. The summed E-state index contributed by atoms with van der Waals surface area (Å²) in [6.07, 6.45) is 2.00. The van der Waals surface area contributed by atoms with Crippen LogP contribution >= 0.6 is 0 Å². The Morgan fingerprint density at radius 1 is 1.47 bits per heavy atom. The molecule has 1 atom stereocenters. The summed E-state index contributed by atoms with van der Waals surface area (Å²) in [5.41, 5.74) is -0.453. The predicted molar refractivity (Wildman–Crippen MR) is 68.5 cm³/mol. The maximum Gasteiger partial charge on any atom is 0.213 e. The highest BCUT2D eigenvalue weighted by Crippen LogP contribution is 2.10. The van der Waals surface area contributed by atoms with Crippen LogP contribution in [0, 0.1) is 0 Å². The molecule has 5 nitrogen and oxygen atoms in total. The van der Waals surface area contributed by atoms with Crippen LogP contribution in [0.25, 0.3) is 0 Å². The lowest BCUT2D eigenvalue weighted by Crippen LogP contribution is -2.44. The third-order valence-electron chi connectivity index (χ3n) is 2.84. The number of hydrogen-bond acceptors (Lipinski definition) is 4. The average Bonchev–Trinajstić information content (AvgIpc) is 2.67. The summed E-state index contributed by atoms with van der Waals surface area (Å²) in [6, 6.07) is 0.0997. The number of ether oxygens (including phenoxy) is 1. The minimum Gasteiger partial charge on any atom is -0.375 e. The molecule has 1 aliphatic heterocycles. The molecule has 102 valence electrons. The van der Waals surface area contributed by atoms with Gasteiger partial charge >= 0.3 is 0 Å². The molecule has 0 aromatic rings. The van der Waals surface area contributed by atoms with E-state index in [0.29, 0.717) is 13.2 Å². The summed E-state index contributed by atoms with van der Waals surface area (Å²) in [5.74, 6) is 0.162. The SMILES string of the molecule is CCOC(C)(C)CNS(=O)(=O)CC1CCCN1. The molecule has 6 heteroatoms. The van der Waals surface area contributed by atoms with Crippen molar-refractivity contribution in [2.75, 3.05) is 25.4 Å². The molecule has 0 saturated carbocycles. The van der Waals surface area contributed by atoms with Gasteiger partial charge in [0.15, 0.2) is 0 Å². The van der Waals surface area contributed by atoms with Crippen LogP contribution in [0.1, 0.15) is 33.6 Å². The second-order valence-corrected chi connectivity index (χ2v) is 6.94. The van der Waals surface area contributed by atoms with Gasteiger partial charge in [0.1, 0.15) is 0 Å². The minimum absolute atomic E-state index is 0.0997. The molecule has 0 radical (unpaired) electrons. The maximum atomic E-state index is 11.8. The van der Waals surface area contributed by atoms with E-state index in [4.69, 9.17) is 4.74 Å². The van der Waals surface area contributed by atoms with Gasteiger partial charge in [-0.3, -0.25) is 0 Å². The monoisotopic (exact) mass is 264 g/mol. The molecule has 1 rings (SSSR count). The van der Waals surface area contributed by atoms with E-state index < -0.39 is 15.6 Å². The highest BCUT2D eigenvalue weighted by Gasteiger charge is 2.25. The summed E-state index contributed by atoms with van der Waals surface area (Å²) < 4.78 is 31.7. The second-order valence-electron chi connectivity index (χ2n) is 5.09. The van der Waals surface area contributed by atoms with Crippen molar-refractivity contribution >= 4 is 10.0 Å². The summed E-state index contributed by atoms with van der Waals surface area (Å²) in [4.78, 5) is 0. The van der Waals surface area contributed by atoms with Gasteiger partial charge in [0, 0.05) is 19.2 Å². The Bertz CT molecular complexity index is 322. The predicted octanol–water partition coefficient (Wildman–Crippen LogP) is 0.473. The van der Waals surface area contributed by atoms with Crippen LogP contribution in [-0.2, 0) is 14.8 Å². The normalized spacial score (nSPS) is 21.9. The Balaban J connectivity index is 2.38. The fraction of sp³-hybridized carbons (Fsp3) is 1.00. The Kier molecular flexibility index (Phi) is 5.37. The van der Waals surface area contributed by atoms with Crippen LogP contribution in [0.4, 0.5) is 0 Å². The van der Waals surface area contributed by atoms with E-state index >= 15 is 0 Å². The lowest BCUT2D eigenvalue weighted by Gasteiger charge is -2.25.